The van der Waals surface area contributed by atoms with Gasteiger partial charge in [-0.1, -0.05) is 25.0 Å². The first-order chi connectivity index (χ1) is 6.81. The molecule has 2 rings (SSSR count). The zero-order chi connectivity index (χ0) is 9.97. The van der Waals surface area contributed by atoms with Crippen LogP contribution in [-0.2, 0) is 0 Å². The van der Waals surface area contributed by atoms with Crippen molar-refractivity contribution in [1.82, 2.24) is 5.23 Å². The summed E-state index contributed by atoms with van der Waals surface area (Å²) in [4.78, 5) is 11.4. The summed E-state index contributed by atoms with van der Waals surface area (Å²) in [5.74, 6) is 0.205. The van der Waals surface area contributed by atoms with Gasteiger partial charge in [-0.15, -0.1) is 0 Å². The molecular formula is C10H10BNO2. The lowest BCUT2D eigenvalue weighted by Gasteiger charge is -1.94. The van der Waals surface area contributed by atoms with E-state index in [0.29, 0.717) is 13.2 Å². The lowest BCUT2D eigenvalue weighted by Crippen LogP contribution is -2.24. The van der Waals surface area contributed by atoms with Gasteiger partial charge in [-0.3, -0.25) is 4.79 Å². The van der Waals surface area contributed by atoms with Crippen LogP contribution in [0.5, 0.6) is 0 Å². The average Bonchev–Trinajstić information content (AvgIpc) is 2.61. The highest BCUT2D eigenvalue weighted by Gasteiger charge is 2.09. The fourth-order valence-corrected chi connectivity index (χ4v) is 1.34. The van der Waals surface area contributed by atoms with E-state index >= 15 is 0 Å². The van der Waals surface area contributed by atoms with Crippen LogP contribution in [0.3, 0.4) is 0 Å². The van der Waals surface area contributed by atoms with Crippen molar-refractivity contribution in [2.75, 3.05) is 0 Å². The summed E-state index contributed by atoms with van der Waals surface area (Å²) in [5.41, 5.74) is 0.744. The van der Waals surface area contributed by atoms with E-state index in [1.54, 1.807) is 6.07 Å². The summed E-state index contributed by atoms with van der Waals surface area (Å²) in [6.45, 7) is 1.88. The van der Waals surface area contributed by atoms with Gasteiger partial charge in [0.2, 0.25) is 7.41 Å². The van der Waals surface area contributed by atoms with Crippen LogP contribution in [0.15, 0.2) is 34.7 Å². The first-order valence-corrected chi connectivity index (χ1v) is 4.58. The van der Waals surface area contributed by atoms with Gasteiger partial charge in [0.1, 0.15) is 5.58 Å². The highest BCUT2D eigenvalue weighted by atomic mass is 16.3. The lowest BCUT2D eigenvalue weighted by atomic mass is 10.0. The first kappa shape index (κ1) is 8.87. The molecule has 0 aliphatic heterocycles. The Hall–Kier alpha value is -1.71. The van der Waals surface area contributed by atoms with Gasteiger partial charge in [0, 0.05) is 5.39 Å². The Bertz CT molecular complexity index is 431. The van der Waals surface area contributed by atoms with Crippen LogP contribution in [0.4, 0.5) is 0 Å². The molecule has 4 heteroatoms. The molecule has 0 bridgehead atoms. The third-order valence-electron chi connectivity index (χ3n) is 1.99. The normalized spacial score (nSPS) is 10.1. The number of furan rings is 1. The molecule has 70 valence electrons. The molecular weight excluding hydrogens is 177 g/mol. The lowest BCUT2D eigenvalue weighted by molar-refractivity contribution is 0.0956. The molecule has 14 heavy (non-hydrogen) atoms. The van der Waals surface area contributed by atoms with Crippen LogP contribution in [0, 0.1) is 0 Å². The summed E-state index contributed by atoms with van der Waals surface area (Å²) in [7, 11) is 0.607. The molecule has 0 aliphatic rings. The van der Waals surface area contributed by atoms with Gasteiger partial charge >= 0.3 is 0 Å². The van der Waals surface area contributed by atoms with Gasteiger partial charge in [-0.25, -0.2) is 0 Å². The Labute approximate surface area is 82.4 Å². The van der Waals surface area contributed by atoms with Crippen molar-refractivity contribution in [2.45, 2.75) is 6.82 Å². The predicted octanol–water partition coefficient (Wildman–Crippen LogP) is 1.56. The summed E-state index contributed by atoms with van der Waals surface area (Å²) >= 11 is 0. The minimum Gasteiger partial charge on any atom is -0.451 e. The van der Waals surface area contributed by atoms with E-state index in [9.17, 15) is 4.79 Å². The minimum atomic E-state index is -0.163. The average molecular weight is 187 g/mol. The van der Waals surface area contributed by atoms with Gasteiger partial charge in [0.05, 0.1) is 0 Å². The van der Waals surface area contributed by atoms with Gasteiger partial charge in [0.25, 0.3) is 5.91 Å². The molecule has 1 amide bonds. The van der Waals surface area contributed by atoms with E-state index in [2.05, 4.69) is 5.23 Å². The molecule has 0 atom stereocenters. The van der Waals surface area contributed by atoms with Gasteiger partial charge in [-0.05, 0) is 12.1 Å². The highest BCUT2D eigenvalue weighted by Crippen LogP contribution is 2.18. The fraction of sp³-hybridized carbons (Fsp3) is 0.100. The summed E-state index contributed by atoms with van der Waals surface area (Å²) in [6, 6.07) is 9.31. The van der Waals surface area contributed by atoms with Gasteiger partial charge in [0.15, 0.2) is 5.76 Å². The third kappa shape index (κ3) is 1.51. The van der Waals surface area contributed by atoms with E-state index in [1.807, 2.05) is 31.1 Å². The SMILES string of the molecule is CBNC(=O)c1cc2ccccc2o1. The van der Waals surface area contributed by atoms with E-state index in [0.717, 1.165) is 11.0 Å². The monoisotopic (exact) mass is 187 g/mol. The number of para-hydroxylation sites is 1. The quantitative estimate of drug-likeness (QED) is 0.724. The zero-order valence-corrected chi connectivity index (χ0v) is 7.91. The first-order valence-electron chi connectivity index (χ1n) is 4.58. The number of rotatable bonds is 2. The number of carbonyl (C=O) groups is 1. The van der Waals surface area contributed by atoms with Crippen LogP contribution in [0.1, 0.15) is 10.6 Å². The smallest absolute Gasteiger partial charge is 0.274 e. The molecule has 0 unspecified atom stereocenters. The number of fused-ring (bicyclic) bond motifs is 1. The van der Waals surface area contributed by atoms with E-state index in [-0.39, 0.29) is 5.91 Å². The molecule has 0 saturated heterocycles. The summed E-state index contributed by atoms with van der Waals surface area (Å²) < 4.78 is 5.37. The Kier molecular flexibility index (Phi) is 2.27. The number of carbonyl (C=O) groups excluding carboxylic acids is 1. The molecule has 1 aromatic heterocycles. The molecule has 0 radical (unpaired) electrons. The third-order valence-corrected chi connectivity index (χ3v) is 1.99. The predicted molar refractivity (Wildman–Crippen MR) is 56.7 cm³/mol. The molecule has 0 saturated carbocycles. The molecule has 0 spiro atoms. The number of amides is 1. The van der Waals surface area contributed by atoms with Crippen molar-refractivity contribution in [3.8, 4) is 0 Å². The van der Waals surface area contributed by atoms with Crippen molar-refractivity contribution in [3.05, 3.63) is 36.1 Å². The maximum absolute atomic E-state index is 11.4. The van der Waals surface area contributed by atoms with Crippen molar-refractivity contribution < 1.29 is 9.21 Å². The van der Waals surface area contributed by atoms with Crippen molar-refractivity contribution in [1.29, 1.82) is 0 Å². The Balaban J connectivity index is 2.40. The largest absolute Gasteiger partial charge is 0.451 e. The molecule has 1 aromatic carbocycles. The Morgan fingerprint density at radius 3 is 2.93 bits per heavy atom. The molecule has 0 aliphatic carbocycles. The van der Waals surface area contributed by atoms with E-state index in [4.69, 9.17) is 4.42 Å². The Morgan fingerprint density at radius 1 is 1.43 bits per heavy atom. The molecule has 3 nitrogen and oxygen atoms in total. The topological polar surface area (TPSA) is 42.2 Å². The van der Waals surface area contributed by atoms with Crippen LogP contribution >= 0.6 is 0 Å². The number of nitrogens with one attached hydrogen (secondary N) is 1. The molecule has 2 aromatic rings. The van der Waals surface area contributed by atoms with Gasteiger partial charge in [-0.2, -0.15) is 0 Å². The van der Waals surface area contributed by atoms with Crippen LogP contribution < -0.4 is 5.23 Å². The van der Waals surface area contributed by atoms with Gasteiger partial charge < -0.3 is 9.64 Å². The standard InChI is InChI=1S/C10H10BNO2/c1-11-12-10(13)9-6-7-4-2-3-5-8(7)14-9/h2-6,11H,1H3,(H,12,13). The van der Waals surface area contributed by atoms with E-state index in [1.165, 1.54) is 0 Å². The van der Waals surface area contributed by atoms with Crippen molar-refractivity contribution >= 4 is 24.3 Å². The number of hydrogen-bond donors (Lipinski definition) is 1. The molecule has 1 N–H and O–H groups in total. The summed E-state index contributed by atoms with van der Waals surface area (Å²) in [5, 5.41) is 3.64. The van der Waals surface area contributed by atoms with Crippen molar-refractivity contribution in [2.24, 2.45) is 0 Å². The second-order valence-electron chi connectivity index (χ2n) is 3.01. The number of benzene rings is 1. The maximum atomic E-state index is 11.4. The molecule has 1 heterocycles. The van der Waals surface area contributed by atoms with Crippen LogP contribution in [0.2, 0.25) is 6.82 Å². The second kappa shape index (κ2) is 3.58. The van der Waals surface area contributed by atoms with E-state index < -0.39 is 0 Å². The second-order valence-corrected chi connectivity index (χ2v) is 3.01. The van der Waals surface area contributed by atoms with Crippen LogP contribution in [0.25, 0.3) is 11.0 Å². The maximum Gasteiger partial charge on any atom is 0.274 e. The van der Waals surface area contributed by atoms with Crippen molar-refractivity contribution in [3.63, 3.8) is 0 Å². The summed E-state index contributed by atoms with van der Waals surface area (Å²) in [6.07, 6.45) is 0. The Morgan fingerprint density at radius 2 is 2.21 bits per heavy atom. The highest BCUT2D eigenvalue weighted by molar-refractivity contribution is 6.36. The number of hydrogen-bond acceptors (Lipinski definition) is 2. The fourth-order valence-electron chi connectivity index (χ4n) is 1.34. The zero-order valence-electron chi connectivity index (χ0n) is 7.91. The van der Waals surface area contributed by atoms with Crippen LogP contribution in [-0.4, -0.2) is 13.3 Å². The molecule has 0 fully saturated rings. The minimum absolute atomic E-state index is 0.163.